The molecule has 0 saturated carbocycles. The number of hydrogen-bond donors (Lipinski definition) is 4. The van der Waals surface area contributed by atoms with Gasteiger partial charge in [0.25, 0.3) is 11.5 Å². The van der Waals surface area contributed by atoms with Crippen molar-refractivity contribution < 1.29 is 19.4 Å². The van der Waals surface area contributed by atoms with Gasteiger partial charge in [0.15, 0.2) is 16.5 Å². The number of carbonyl (C=O) groups excluding carboxylic acids is 1. The molecule has 144 valence electrons. The molecular weight excluding hydrogens is 378 g/mol. The Kier molecular flexibility index (Phi) is 6.60. The van der Waals surface area contributed by atoms with Crippen LogP contribution in [0.25, 0.3) is 0 Å². The molecule has 2 aromatic rings. The smallest absolute Gasteiger partial charge is 0.342 e. The molecule has 1 amide bonds. The molecule has 1 atom stereocenters. The predicted octanol–water partition coefficient (Wildman–Crippen LogP) is -0.188. The van der Waals surface area contributed by atoms with E-state index in [1.807, 2.05) is 4.98 Å². The number of rotatable bonds is 7. The first-order valence-corrected chi connectivity index (χ1v) is 8.37. The second kappa shape index (κ2) is 8.89. The molecule has 0 bridgehead atoms. The van der Waals surface area contributed by atoms with Crippen molar-refractivity contribution in [1.29, 1.82) is 0 Å². The van der Waals surface area contributed by atoms with Crippen LogP contribution in [0.5, 0.6) is 17.2 Å². The Labute approximate surface area is 156 Å². The Bertz CT molecular complexity index is 945. The normalized spacial score (nSPS) is 12.0. The highest BCUT2D eigenvalue weighted by atomic mass is 32.2. The van der Waals surface area contributed by atoms with Crippen molar-refractivity contribution >= 4 is 23.9 Å². The molecule has 12 heteroatoms. The van der Waals surface area contributed by atoms with E-state index < -0.39 is 22.4 Å². The third-order valence-electron chi connectivity index (χ3n) is 3.23. The molecule has 0 fully saturated rings. The average Bonchev–Trinajstić information content (AvgIpc) is 2.64. The van der Waals surface area contributed by atoms with Crippen LogP contribution < -0.4 is 26.1 Å². The first kappa shape index (κ1) is 20.0. The predicted molar refractivity (Wildman–Crippen MR) is 97.7 cm³/mol. The highest BCUT2D eigenvalue weighted by molar-refractivity contribution is 8.00. The molecule has 0 aliphatic rings. The van der Waals surface area contributed by atoms with Crippen LogP contribution in [0.1, 0.15) is 12.5 Å². The van der Waals surface area contributed by atoms with Gasteiger partial charge in [0.05, 0.1) is 25.7 Å². The second-order valence-electron chi connectivity index (χ2n) is 5.08. The summed E-state index contributed by atoms with van der Waals surface area (Å²) in [4.78, 5) is 36.6. The van der Waals surface area contributed by atoms with E-state index >= 15 is 0 Å². The summed E-state index contributed by atoms with van der Waals surface area (Å²) in [6.45, 7) is 1.55. The highest BCUT2D eigenvalue weighted by Crippen LogP contribution is 2.36. The van der Waals surface area contributed by atoms with Crippen molar-refractivity contribution in [2.24, 2.45) is 5.10 Å². The van der Waals surface area contributed by atoms with Crippen molar-refractivity contribution in [3.05, 3.63) is 38.5 Å². The minimum atomic E-state index is -0.731. The number of carbonyl (C=O) groups is 1. The van der Waals surface area contributed by atoms with Gasteiger partial charge in [-0.3, -0.25) is 14.6 Å². The summed E-state index contributed by atoms with van der Waals surface area (Å²) in [6, 6.07) is 3.02. The quantitative estimate of drug-likeness (QED) is 0.285. The third-order valence-corrected chi connectivity index (χ3v) is 4.30. The van der Waals surface area contributed by atoms with E-state index in [1.54, 1.807) is 6.92 Å². The Hall–Kier alpha value is -3.28. The number of aromatic amines is 2. The molecule has 1 aromatic carbocycles. The van der Waals surface area contributed by atoms with E-state index in [0.717, 1.165) is 11.8 Å². The number of thioether (sulfide) groups is 1. The number of hydrazone groups is 1. The number of nitrogens with one attached hydrogen (secondary N) is 3. The Morgan fingerprint density at radius 3 is 2.52 bits per heavy atom. The van der Waals surface area contributed by atoms with Crippen molar-refractivity contribution in [3.8, 4) is 17.2 Å². The molecule has 0 spiro atoms. The lowest BCUT2D eigenvalue weighted by atomic mass is 10.2. The number of aromatic hydroxyl groups is 1. The number of methoxy groups -OCH3 is 2. The molecule has 4 N–H and O–H groups in total. The fourth-order valence-electron chi connectivity index (χ4n) is 1.89. The molecule has 1 heterocycles. The van der Waals surface area contributed by atoms with Gasteiger partial charge in [0.1, 0.15) is 0 Å². The lowest BCUT2D eigenvalue weighted by Gasteiger charge is -2.09. The van der Waals surface area contributed by atoms with Crippen molar-refractivity contribution in [2.75, 3.05) is 14.2 Å². The van der Waals surface area contributed by atoms with E-state index in [1.165, 1.54) is 32.6 Å². The van der Waals surface area contributed by atoms with Gasteiger partial charge in [-0.1, -0.05) is 11.8 Å². The summed E-state index contributed by atoms with van der Waals surface area (Å²) in [5.41, 5.74) is 1.42. The van der Waals surface area contributed by atoms with E-state index in [0.29, 0.717) is 5.56 Å². The maximum atomic E-state index is 12.1. The van der Waals surface area contributed by atoms with Crippen molar-refractivity contribution in [1.82, 2.24) is 20.6 Å². The summed E-state index contributed by atoms with van der Waals surface area (Å²) < 4.78 is 10.1. The standard InChI is InChI=1S/C15H17N5O6S/c1-7(27-14-13(23)17-15(24)20-19-14)12(22)18-16-6-8-4-9(25-2)11(21)10(5-8)26-3/h4-7,21H,1-3H3,(H,18,22)(H2,17,20,23,24)/b16-6+. The maximum Gasteiger partial charge on any atom is 0.342 e. The molecule has 2 rings (SSSR count). The number of aromatic nitrogens is 3. The van der Waals surface area contributed by atoms with Crippen molar-refractivity contribution in [3.63, 3.8) is 0 Å². The lowest BCUT2D eigenvalue weighted by Crippen LogP contribution is -2.30. The molecule has 11 nitrogen and oxygen atoms in total. The van der Waals surface area contributed by atoms with Gasteiger partial charge in [-0.2, -0.15) is 10.2 Å². The Morgan fingerprint density at radius 2 is 1.96 bits per heavy atom. The molecule has 1 aromatic heterocycles. The van der Waals surface area contributed by atoms with E-state index in [4.69, 9.17) is 9.47 Å². The number of amides is 1. The van der Waals surface area contributed by atoms with Crippen LogP contribution in [-0.2, 0) is 4.79 Å². The largest absolute Gasteiger partial charge is 0.502 e. The van der Waals surface area contributed by atoms with Crippen LogP contribution in [0.15, 0.2) is 31.8 Å². The summed E-state index contributed by atoms with van der Waals surface area (Å²) in [5.74, 6) is -0.255. The number of phenolic OH excluding ortho intramolecular Hbond substituents is 1. The number of H-pyrrole nitrogens is 2. The third kappa shape index (κ3) is 5.10. The maximum absolute atomic E-state index is 12.1. The molecule has 1 unspecified atom stereocenters. The van der Waals surface area contributed by atoms with E-state index in [9.17, 15) is 19.5 Å². The summed E-state index contributed by atoms with van der Waals surface area (Å²) in [5, 5.41) is 18.6. The summed E-state index contributed by atoms with van der Waals surface area (Å²) in [6.07, 6.45) is 1.34. The van der Waals surface area contributed by atoms with Crippen LogP contribution in [0.4, 0.5) is 0 Å². The molecule has 0 saturated heterocycles. The van der Waals surface area contributed by atoms with Crippen LogP contribution in [-0.4, -0.2) is 51.9 Å². The minimum absolute atomic E-state index is 0.0470. The van der Waals surface area contributed by atoms with Gasteiger partial charge in [-0.05, 0) is 19.1 Å². The molecular formula is C15H17N5O6S. The molecule has 0 aliphatic heterocycles. The van der Waals surface area contributed by atoms with Crippen LogP contribution in [0.2, 0.25) is 0 Å². The van der Waals surface area contributed by atoms with Crippen LogP contribution in [0, 0.1) is 0 Å². The Balaban J connectivity index is 2.04. The Morgan fingerprint density at radius 1 is 1.33 bits per heavy atom. The minimum Gasteiger partial charge on any atom is -0.502 e. The van der Waals surface area contributed by atoms with Crippen LogP contribution >= 0.6 is 11.8 Å². The highest BCUT2D eigenvalue weighted by Gasteiger charge is 2.17. The monoisotopic (exact) mass is 395 g/mol. The topological polar surface area (TPSA) is 159 Å². The van der Waals surface area contributed by atoms with Crippen molar-refractivity contribution in [2.45, 2.75) is 17.2 Å². The van der Waals surface area contributed by atoms with E-state index in [2.05, 4.69) is 20.7 Å². The number of phenols is 1. The molecule has 27 heavy (non-hydrogen) atoms. The molecule has 0 aliphatic carbocycles. The number of ether oxygens (including phenoxy) is 2. The van der Waals surface area contributed by atoms with Gasteiger partial charge >= 0.3 is 5.69 Å². The second-order valence-corrected chi connectivity index (χ2v) is 6.41. The SMILES string of the molecule is COc1cc(/C=N/NC(=O)C(C)Sc2n[nH]c(=O)[nH]c2=O)cc(OC)c1O. The average molecular weight is 395 g/mol. The van der Waals surface area contributed by atoms with Gasteiger partial charge in [-0.25, -0.2) is 15.3 Å². The zero-order valence-electron chi connectivity index (χ0n) is 14.6. The first-order valence-electron chi connectivity index (χ1n) is 7.49. The van der Waals surface area contributed by atoms with Crippen LogP contribution in [0.3, 0.4) is 0 Å². The van der Waals surface area contributed by atoms with Gasteiger partial charge in [-0.15, -0.1) is 0 Å². The summed E-state index contributed by atoms with van der Waals surface area (Å²) in [7, 11) is 2.78. The van der Waals surface area contributed by atoms with Gasteiger partial charge < -0.3 is 14.6 Å². The fourth-order valence-corrected chi connectivity index (χ4v) is 2.64. The zero-order valence-corrected chi connectivity index (χ0v) is 15.4. The zero-order chi connectivity index (χ0) is 20.0. The number of nitrogens with zero attached hydrogens (tertiary/aromatic N) is 2. The number of benzene rings is 1. The van der Waals surface area contributed by atoms with Gasteiger partial charge in [0.2, 0.25) is 5.75 Å². The first-order chi connectivity index (χ1) is 12.8. The van der Waals surface area contributed by atoms with E-state index in [-0.39, 0.29) is 22.3 Å². The fraction of sp³-hybridized carbons (Fsp3) is 0.267. The lowest BCUT2D eigenvalue weighted by molar-refractivity contribution is -0.120. The van der Waals surface area contributed by atoms with Gasteiger partial charge in [0, 0.05) is 5.56 Å². The molecule has 0 radical (unpaired) electrons. The summed E-state index contributed by atoms with van der Waals surface area (Å²) >= 11 is 0.863. The number of hydrogen-bond acceptors (Lipinski definition) is 9.